The average Bonchev–Trinajstić information content (AvgIpc) is 2.61. The van der Waals surface area contributed by atoms with Gasteiger partial charge in [0.15, 0.2) is 0 Å². The summed E-state index contributed by atoms with van der Waals surface area (Å²) in [6, 6.07) is 11.6. The predicted molar refractivity (Wildman–Crippen MR) is 114 cm³/mol. The second-order valence-electron chi connectivity index (χ2n) is 6.70. The molecule has 28 heavy (non-hydrogen) atoms. The summed E-state index contributed by atoms with van der Waals surface area (Å²) in [6.45, 7) is 8.06. The first-order valence-corrected chi connectivity index (χ1v) is 11.1. The van der Waals surface area contributed by atoms with Gasteiger partial charge in [0.1, 0.15) is 11.8 Å². The molecule has 0 aliphatic carbocycles. The molecule has 0 fully saturated rings. The normalized spacial score (nSPS) is 12.3. The van der Waals surface area contributed by atoms with Crippen molar-refractivity contribution in [3.8, 4) is 5.75 Å². The maximum atomic E-state index is 13.0. The molecule has 0 bridgehead atoms. The molecule has 0 aromatic heterocycles. The SMILES string of the molecule is CCOc1cccc(NC(=O)[C@@H](CC)N(c2ccc(C)c(C)c2)S(C)(=O)=O)c1. The van der Waals surface area contributed by atoms with E-state index in [1.165, 1.54) is 4.31 Å². The number of sulfonamides is 1. The summed E-state index contributed by atoms with van der Waals surface area (Å²) >= 11 is 0. The van der Waals surface area contributed by atoms with Gasteiger partial charge in [-0.1, -0.05) is 19.1 Å². The van der Waals surface area contributed by atoms with Crippen molar-refractivity contribution in [1.29, 1.82) is 0 Å². The maximum absolute atomic E-state index is 13.0. The van der Waals surface area contributed by atoms with E-state index >= 15 is 0 Å². The van der Waals surface area contributed by atoms with E-state index in [1.54, 1.807) is 43.3 Å². The zero-order valence-corrected chi connectivity index (χ0v) is 17.8. The molecular formula is C21H28N2O4S. The van der Waals surface area contributed by atoms with Crippen molar-refractivity contribution in [2.45, 2.75) is 40.2 Å². The highest BCUT2D eigenvalue weighted by Gasteiger charge is 2.31. The van der Waals surface area contributed by atoms with Crippen LogP contribution in [-0.4, -0.2) is 33.2 Å². The van der Waals surface area contributed by atoms with Crippen LogP contribution >= 0.6 is 0 Å². The summed E-state index contributed by atoms with van der Waals surface area (Å²) in [4.78, 5) is 13.0. The molecular weight excluding hydrogens is 376 g/mol. The summed E-state index contributed by atoms with van der Waals surface area (Å²) in [5.41, 5.74) is 3.06. The Bertz CT molecular complexity index is 941. The van der Waals surface area contributed by atoms with Crippen molar-refractivity contribution < 1.29 is 17.9 Å². The number of rotatable bonds is 8. The van der Waals surface area contributed by atoms with Crippen molar-refractivity contribution in [2.24, 2.45) is 0 Å². The molecule has 0 spiro atoms. The number of ether oxygens (including phenoxy) is 1. The molecule has 6 nitrogen and oxygen atoms in total. The molecule has 2 aromatic rings. The van der Waals surface area contributed by atoms with Crippen LogP contribution in [0.15, 0.2) is 42.5 Å². The molecule has 0 saturated heterocycles. The number of benzene rings is 2. The van der Waals surface area contributed by atoms with Gasteiger partial charge in [0.25, 0.3) is 0 Å². The quantitative estimate of drug-likeness (QED) is 0.724. The summed E-state index contributed by atoms with van der Waals surface area (Å²) < 4.78 is 31.7. The first-order chi connectivity index (χ1) is 13.2. The van der Waals surface area contributed by atoms with Crippen LogP contribution in [-0.2, 0) is 14.8 Å². The Morgan fingerprint density at radius 2 is 1.82 bits per heavy atom. The van der Waals surface area contributed by atoms with Gasteiger partial charge >= 0.3 is 0 Å². The van der Waals surface area contributed by atoms with Crippen molar-refractivity contribution >= 4 is 27.3 Å². The molecule has 0 aliphatic rings. The lowest BCUT2D eigenvalue weighted by molar-refractivity contribution is -0.117. The molecule has 7 heteroatoms. The lowest BCUT2D eigenvalue weighted by Crippen LogP contribution is -2.47. The molecule has 0 unspecified atom stereocenters. The Hall–Kier alpha value is -2.54. The highest BCUT2D eigenvalue weighted by Crippen LogP contribution is 2.26. The van der Waals surface area contributed by atoms with Gasteiger partial charge in [-0.15, -0.1) is 0 Å². The highest BCUT2D eigenvalue weighted by atomic mass is 32.2. The van der Waals surface area contributed by atoms with Crippen LogP contribution in [0.25, 0.3) is 0 Å². The van der Waals surface area contributed by atoms with Crippen LogP contribution in [0.3, 0.4) is 0 Å². The molecule has 0 heterocycles. The molecule has 0 aliphatic heterocycles. The third-order valence-corrected chi connectivity index (χ3v) is 5.67. The van der Waals surface area contributed by atoms with Crippen molar-refractivity contribution in [3.05, 3.63) is 53.6 Å². The van der Waals surface area contributed by atoms with E-state index in [2.05, 4.69) is 5.32 Å². The second-order valence-corrected chi connectivity index (χ2v) is 8.56. The van der Waals surface area contributed by atoms with Gasteiger partial charge in [0, 0.05) is 11.8 Å². The number of anilines is 2. The molecule has 152 valence electrons. The first-order valence-electron chi connectivity index (χ1n) is 9.27. The van der Waals surface area contributed by atoms with Crippen molar-refractivity contribution in [2.75, 3.05) is 22.5 Å². The van der Waals surface area contributed by atoms with E-state index in [9.17, 15) is 13.2 Å². The number of amides is 1. The number of carbonyl (C=O) groups is 1. The standard InChI is InChI=1S/C21H28N2O4S/c1-6-20(21(24)22-17-9-8-10-19(14-17)27-7-2)23(28(5,25)26)18-12-11-15(3)16(4)13-18/h8-14,20H,6-7H2,1-5H3,(H,22,24)/t20-/m1/s1. The van der Waals surface area contributed by atoms with Gasteiger partial charge in [-0.05, 0) is 62.6 Å². The van der Waals surface area contributed by atoms with Crippen molar-refractivity contribution in [1.82, 2.24) is 0 Å². The molecule has 1 atom stereocenters. The van der Waals surface area contributed by atoms with Gasteiger partial charge in [-0.25, -0.2) is 8.42 Å². The summed E-state index contributed by atoms with van der Waals surface area (Å²) in [5, 5.41) is 2.82. The molecule has 1 N–H and O–H groups in total. The molecule has 1 amide bonds. The minimum absolute atomic E-state index is 0.330. The first kappa shape index (κ1) is 21.8. The third kappa shape index (κ3) is 5.25. The summed E-state index contributed by atoms with van der Waals surface area (Å²) in [5.74, 6) is 0.252. The largest absolute Gasteiger partial charge is 0.494 e. The number of hydrogen-bond acceptors (Lipinski definition) is 4. The topological polar surface area (TPSA) is 75.7 Å². The Kier molecular flexibility index (Phi) is 7.07. The zero-order valence-electron chi connectivity index (χ0n) is 17.0. The third-order valence-electron chi connectivity index (χ3n) is 4.49. The number of carbonyl (C=O) groups excluding carboxylic acids is 1. The lowest BCUT2D eigenvalue weighted by Gasteiger charge is -2.30. The smallest absolute Gasteiger partial charge is 0.248 e. The Morgan fingerprint density at radius 3 is 2.39 bits per heavy atom. The summed E-state index contributed by atoms with van der Waals surface area (Å²) in [6.07, 6.45) is 1.45. The van der Waals surface area contributed by atoms with E-state index in [-0.39, 0.29) is 5.91 Å². The fourth-order valence-corrected chi connectivity index (χ4v) is 4.18. The molecule has 0 saturated carbocycles. The van der Waals surface area contributed by atoms with E-state index in [1.807, 2.05) is 26.8 Å². The number of hydrogen-bond donors (Lipinski definition) is 1. The molecule has 0 radical (unpaired) electrons. The van der Waals surface area contributed by atoms with Gasteiger partial charge in [0.05, 0.1) is 18.6 Å². The maximum Gasteiger partial charge on any atom is 0.248 e. The van der Waals surface area contributed by atoms with Crippen LogP contribution in [0.4, 0.5) is 11.4 Å². The van der Waals surface area contributed by atoms with Crippen LogP contribution in [0.2, 0.25) is 0 Å². The molecule has 2 rings (SSSR count). The Morgan fingerprint density at radius 1 is 1.11 bits per heavy atom. The van der Waals surface area contributed by atoms with Crippen LogP contribution in [0.1, 0.15) is 31.4 Å². The van der Waals surface area contributed by atoms with Crippen LogP contribution in [0.5, 0.6) is 5.75 Å². The Labute approximate surface area is 167 Å². The van der Waals surface area contributed by atoms with Crippen LogP contribution in [0, 0.1) is 13.8 Å². The van der Waals surface area contributed by atoms with E-state index in [0.29, 0.717) is 30.2 Å². The monoisotopic (exact) mass is 404 g/mol. The van der Waals surface area contributed by atoms with E-state index in [4.69, 9.17) is 4.74 Å². The average molecular weight is 405 g/mol. The van der Waals surface area contributed by atoms with Crippen molar-refractivity contribution in [3.63, 3.8) is 0 Å². The van der Waals surface area contributed by atoms with Gasteiger partial charge in [0.2, 0.25) is 15.9 Å². The lowest BCUT2D eigenvalue weighted by atomic mass is 10.1. The Balaban J connectivity index is 2.36. The van der Waals surface area contributed by atoms with Gasteiger partial charge in [-0.2, -0.15) is 0 Å². The zero-order chi connectivity index (χ0) is 20.9. The van der Waals surface area contributed by atoms with E-state index in [0.717, 1.165) is 17.4 Å². The predicted octanol–water partition coefficient (Wildman–Crippen LogP) is 3.89. The number of aryl methyl sites for hydroxylation is 2. The van der Waals surface area contributed by atoms with Crippen LogP contribution < -0.4 is 14.4 Å². The minimum atomic E-state index is -3.67. The fraction of sp³-hybridized carbons (Fsp3) is 0.381. The fourth-order valence-electron chi connectivity index (χ4n) is 2.98. The van der Waals surface area contributed by atoms with Gasteiger partial charge in [-0.3, -0.25) is 9.10 Å². The highest BCUT2D eigenvalue weighted by molar-refractivity contribution is 7.92. The minimum Gasteiger partial charge on any atom is -0.494 e. The van der Waals surface area contributed by atoms with Gasteiger partial charge < -0.3 is 10.1 Å². The summed E-state index contributed by atoms with van der Waals surface area (Å²) in [7, 11) is -3.67. The number of nitrogens with one attached hydrogen (secondary N) is 1. The second kappa shape index (κ2) is 9.10. The van der Waals surface area contributed by atoms with E-state index < -0.39 is 16.1 Å². The number of nitrogens with zero attached hydrogens (tertiary/aromatic N) is 1. The molecule has 2 aromatic carbocycles.